The van der Waals surface area contributed by atoms with E-state index in [1.165, 1.54) is 36.0 Å². The fraction of sp³-hybridized carbons (Fsp3) is 0.143. The Labute approximate surface area is 131 Å². The van der Waals surface area contributed by atoms with Crippen LogP contribution < -0.4 is 0 Å². The van der Waals surface area contributed by atoms with Crippen molar-refractivity contribution in [3.05, 3.63) is 58.1 Å². The lowest BCUT2D eigenvalue weighted by Gasteiger charge is -2.05. The van der Waals surface area contributed by atoms with Crippen LogP contribution in [0.15, 0.2) is 47.4 Å². The number of hydrogen-bond donors (Lipinski definition) is 0. The van der Waals surface area contributed by atoms with Crippen LogP contribution in [-0.2, 0) is 22.6 Å². The first-order valence-electron chi connectivity index (χ1n) is 6.63. The SMILES string of the molecule is Cn1nnc2c(CS(=O)(=O)c3ccccc3)ccc([N+](=O)[O-])c21. The number of benzene rings is 2. The molecule has 0 bridgehead atoms. The van der Waals surface area contributed by atoms with E-state index in [0.29, 0.717) is 5.56 Å². The Morgan fingerprint density at radius 2 is 1.87 bits per heavy atom. The molecular weight excluding hydrogens is 320 g/mol. The van der Waals surface area contributed by atoms with Crippen LogP contribution in [0, 0.1) is 10.1 Å². The molecule has 0 radical (unpaired) electrons. The Bertz CT molecular complexity index is 996. The number of nitro benzene ring substituents is 1. The molecule has 0 saturated carbocycles. The summed E-state index contributed by atoms with van der Waals surface area (Å²) in [5.41, 5.74) is 0.646. The van der Waals surface area contributed by atoms with E-state index in [-0.39, 0.29) is 27.4 Å². The predicted molar refractivity (Wildman–Crippen MR) is 82.5 cm³/mol. The van der Waals surface area contributed by atoms with Crippen LogP contribution in [0.4, 0.5) is 5.69 Å². The summed E-state index contributed by atoms with van der Waals surface area (Å²) in [6.07, 6.45) is 0. The molecule has 3 aromatic rings. The molecule has 2 aromatic carbocycles. The van der Waals surface area contributed by atoms with Crippen molar-refractivity contribution in [1.29, 1.82) is 0 Å². The summed E-state index contributed by atoms with van der Waals surface area (Å²) in [4.78, 5) is 10.8. The highest BCUT2D eigenvalue weighted by atomic mass is 32.2. The fourth-order valence-corrected chi connectivity index (χ4v) is 3.76. The monoisotopic (exact) mass is 332 g/mol. The molecule has 23 heavy (non-hydrogen) atoms. The first-order valence-corrected chi connectivity index (χ1v) is 8.29. The van der Waals surface area contributed by atoms with Crippen molar-refractivity contribution in [2.45, 2.75) is 10.6 Å². The van der Waals surface area contributed by atoms with Crippen molar-refractivity contribution in [2.75, 3.05) is 0 Å². The second kappa shape index (κ2) is 5.43. The first-order chi connectivity index (χ1) is 10.9. The molecule has 0 aliphatic carbocycles. The molecule has 0 saturated heterocycles. The Hall–Kier alpha value is -2.81. The maximum absolute atomic E-state index is 12.5. The number of rotatable bonds is 4. The van der Waals surface area contributed by atoms with E-state index in [4.69, 9.17) is 0 Å². The van der Waals surface area contributed by atoms with Gasteiger partial charge in [0, 0.05) is 13.1 Å². The molecule has 0 unspecified atom stereocenters. The van der Waals surface area contributed by atoms with Crippen molar-refractivity contribution >= 4 is 26.6 Å². The molecule has 0 atom stereocenters. The van der Waals surface area contributed by atoms with Gasteiger partial charge in [0.25, 0.3) is 5.69 Å². The zero-order valence-electron chi connectivity index (χ0n) is 12.1. The van der Waals surface area contributed by atoms with Gasteiger partial charge in [-0.3, -0.25) is 10.1 Å². The van der Waals surface area contributed by atoms with Gasteiger partial charge in [-0.25, -0.2) is 13.1 Å². The molecule has 1 heterocycles. The molecule has 0 aliphatic rings. The number of sulfone groups is 1. The lowest BCUT2D eigenvalue weighted by atomic mass is 10.2. The molecule has 1 aromatic heterocycles. The van der Waals surface area contributed by atoms with E-state index in [9.17, 15) is 18.5 Å². The van der Waals surface area contributed by atoms with Crippen LogP contribution in [-0.4, -0.2) is 28.3 Å². The predicted octanol–water partition coefficient (Wildman–Crippen LogP) is 1.85. The summed E-state index contributed by atoms with van der Waals surface area (Å²) in [6.45, 7) is 0. The van der Waals surface area contributed by atoms with Gasteiger partial charge in [-0.05, 0) is 23.8 Å². The zero-order valence-corrected chi connectivity index (χ0v) is 12.9. The molecule has 0 spiro atoms. The molecule has 3 rings (SSSR count). The third kappa shape index (κ3) is 2.66. The Morgan fingerprint density at radius 3 is 2.52 bits per heavy atom. The van der Waals surface area contributed by atoms with Crippen molar-refractivity contribution < 1.29 is 13.3 Å². The van der Waals surface area contributed by atoms with Crippen molar-refractivity contribution in [3.8, 4) is 0 Å². The van der Waals surface area contributed by atoms with Gasteiger partial charge >= 0.3 is 0 Å². The van der Waals surface area contributed by atoms with Crippen LogP contribution in [0.25, 0.3) is 11.0 Å². The molecule has 0 fully saturated rings. The standard InChI is InChI=1S/C14H12N4O4S/c1-17-14-12(18(19)20)8-7-10(13(14)15-16-17)9-23(21,22)11-5-3-2-4-6-11/h2-8H,9H2,1H3. The van der Waals surface area contributed by atoms with Gasteiger partial charge in [-0.15, -0.1) is 5.10 Å². The topological polar surface area (TPSA) is 108 Å². The van der Waals surface area contributed by atoms with Gasteiger partial charge in [0.2, 0.25) is 0 Å². The third-order valence-electron chi connectivity index (χ3n) is 3.46. The molecule has 0 amide bonds. The van der Waals surface area contributed by atoms with Crippen LogP contribution in [0.2, 0.25) is 0 Å². The van der Waals surface area contributed by atoms with Crippen LogP contribution in [0.5, 0.6) is 0 Å². The number of non-ortho nitro benzene ring substituents is 1. The van der Waals surface area contributed by atoms with E-state index in [2.05, 4.69) is 10.3 Å². The second-order valence-electron chi connectivity index (χ2n) is 4.98. The van der Waals surface area contributed by atoms with Crippen LogP contribution in [0.1, 0.15) is 5.56 Å². The van der Waals surface area contributed by atoms with Gasteiger partial charge in [-0.2, -0.15) is 0 Å². The van der Waals surface area contributed by atoms with Crippen LogP contribution in [0.3, 0.4) is 0 Å². The summed E-state index contributed by atoms with van der Waals surface area (Å²) in [5, 5.41) is 18.8. The smallest absolute Gasteiger partial charge is 0.258 e. The van der Waals surface area contributed by atoms with Gasteiger partial charge in [-0.1, -0.05) is 23.4 Å². The molecule has 9 heteroatoms. The van der Waals surface area contributed by atoms with Gasteiger partial charge in [0.1, 0.15) is 5.52 Å². The minimum absolute atomic E-state index is 0.159. The molecule has 0 aliphatic heterocycles. The highest BCUT2D eigenvalue weighted by molar-refractivity contribution is 7.90. The fourth-order valence-electron chi connectivity index (χ4n) is 2.38. The molecule has 0 N–H and O–H groups in total. The van der Waals surface area contributed by atoms with E-state index in [1.54, 1.807) is 18.2 Å². The lowest BCUT2D eigenvalue weighted by Crippen LogP contribution is -2.06. The second-order valence-corrected chi connectivity index (χ2v) is 6.97. The summed E-state index contributed by atoms with van der Waals surface area (Å²) in [5.74, 6) is -0.301. The molecular formula is C14H12N4O4S. The number of aromatic nitrogens is 3. The minimum atomic E-state index is -3.58. The third-order valence-corrected chi connectivity index (χ3v) is 5.14. The number of hydrogen-bond acceptors (Lipinski definition) is 6. The number of fused-ring (bicyclic) bond motifs is 1. The normalized spacial score (nSPS) is 11.7. The van der Waals surface area contributed by atoms with Gasteiger partial charge < -0.3 is 0 Å². The summed E-state index contributed by atoms with van der Waals surface area (Å²) < 4.78 is 26.2. The van der Waals surface area contributed by atoms with E-state index in [0.717, 1.165) is 0 Å². The number of nitro groups is 1. The van der Waals surface area contributed by atoms with Crippen molar-refractivity contribution in [2.24, 2.45) is 7.05 Å². The number of nitrogens with zero attached hydrogens (tertiary/aromatic N) is 4. The first kappa shape index (κ1) is 15.1. The van der Waals surface area contributed by atoms with E-state index < -0.39 is 14.8 Å². The van der Waals surface area contributed by atoms with E-state index in [1.807, 2.05) is 0 Å². The summed E-state index contributed by atoms with van der Waals surface area (Å²) in [7, 11) is -2.05. The van der Waals surface area contributed by atoms with Gasteiger partial charge in [0.05, 0.1) is 15.6 Å². The quantitative estimate of drug-likeness (QED) is 0.533. The highest BCUT2D eigenvalue weighted by Crippen LogP contribution is 2.28. The average molecular weight is 332 g/mol. The highest BCUT2D eigenvalue weighted by Gasteiger charge is 2.23. The number of aryl methyl sites for hydroxylation is 1. The maximum atomic E-state index is 12.5. The Morgan fingerprint density at radius 1 is 1.17 bits per heavy atom. The average Bonchev–Trinajstić information content (AvgIpc) is 2.91. The van der Waals surface area contributed by atoms with Crippen molar-refractivity contribution in [1.82, 2.24) is 15.0 Å². The Kier molecular flexibility index (Phi) is 3.57. The van der Waals surface area contributed by atoms with Crippen LogP contribution >= 0.6 is 0 Å². The maximum Gasteiger partial charge on any atom is 0.296 e. The Balaban J connectivity index is 2.12. The largest absolute Gasteiger partial charge is 0.296 e. The summed E-state index contributed by atoms with van der Waals surface area (Å²) >= 11 is 0. The zero-order chi connectivity index (χ0) is 16.6. The summed E-state index contributed by atoms with van der Waals surface area (Å²) in [6, 6.07) is 10.7. The lowest BCUT2D eigenvalue weighted by molar-refractivity contribution is -0.383. The van der Waals surface area contributed by atoms with Crippen molar-refractivity contribution in [3.63, 3.8) is 0 Å². The van der Waals surface area contributed by atoms with Gasteiger partial charge in [0.15, 0.2) is 15.4 Å². The van der Waals surface area contributed by atoms with E-state index >= 15 is 0 Å². The minimum Gasteiger partial charge on any atom is -0.258 e. The molecule has 118 valence electrons. The molecule has 8 nitrogen and oxygen atoms in total.